The second kappa shape index (κ2) is 5.26. The van der Waals surface area contributed by atoms with Crippen molar-refractivity contribution in [1.29, 1.82) is 0 Å². The maximum absolute atomic E-state index is 11.9. The Balaban J connectivity index is 2.78. The summed E-state index contributed by atoms with van der Waals surface area (Å²) in [6.45, 7) is 5.27. The monoisotopic (exact) mass is 256 g/mol. The number of nitrogens with two attached hydrogens (primary N) is 1. The van der Waals surface area contributed by atoms with Crippen molar-refractivity contribution >= 4 is 11.9 Å². The summed E-state index contributed by atoms with van der Waals surface area (Å²) in [7, 11) is 0. The first-order chi connectivity index (χ1) is 8.21. The minimum Gasteiger partial charge on any atom is -0.480 e. The number of hydrogen-bond acceptors (Lipinski definition) is 3. The van der Waals surface area contributed by atoms with E-state index in [9.17, 15) is 14.7 Å². The summed E-state index contributed by atoms with van der Waals surface area (Å²) >= 11 is 0. The normalized spacial score (nSPS) is 28.8. The average molecular weight is 256 g/mol. The van der Waals surface area contributed by atoms with Gasteiger partial charge in [0, 0.05) is 0 Å². The summed E-state index contributed by atoms with van der Waals surface area (Å²) < 4.78 is 0. The van der Waals surface area contributed by atoms with E-state index in [0.717, 1.165) is 19.3 Å². The molecule has 104 valence electrons. The van der Waals surface area contributed by atoms with Crippen molar-refractivity contribution in [1.82, 2.24) is 5.32 Å². The molecule has 0 aliphatic heterocycles. The molecule has 0 spiro atoms. The summed E-state index contributed by atoms with van der Waals surface area (Å²) in [6.07, 6.45) is 3.72. The lowest BCUT2D eigenvalue weighted by Gasteiger charge is -2.38. The van der Waals surface area contributed by atoms with Gasteiger partial charge in [-0.3, -0.25) is 4.79 Å². The molecule has 0 saturated heterocycles. The van der Waals surface area contributed by atoms with Crippen molar-refractivity contribution < 1.29 is 14.7 Å². The zero-order chi connectivity index (χ0) is 14.0. The molecule has 0 bridgehead atoms. The minimum absolute atomic E-state index is 0.403. The van der Waals surface area contributed by atoms with Crippen LogP contribution in [0, 0.1) is 5.92 Å². The molecule has 1 amide bonds. The van der Waals surface area contributed by atoms with Crippen LogP contribution in [0.25, 0.3) is 0 Å². The fourth-order valence-corrected chi connectivity index (χ4v) is 2.35. The second-order valence-electron chi connectivity index (χ2n) is 5.91. The van der Waals surface area contributed by atoms with Gasteiger partial charge in [-0.05, 0) is 45.4 Å². The Morgan fingerprint density at radius 3 is 2.22 bits per heavy atom. The van der Waals surface area contributed by atoms with Crippen LogP contribution >= 0.6 is 0 Å². The van der Waals surface area contributed by atoms with E-state index >= 15 is 0 Å². The molecule has 18 heavy (non-hydrogen) atoms. The standard InChI is InChI=1S/C13H24N2O3/c1-4-9-5-7-13(8-6-9,11(17)18)15-10(16)12(2,3)14/h9H,4-8,14H2,1-3H3,(H,15,16)(H,17,18). The topological polar surface area (TPSA) is 92.4 Å². The third-order valence-electron chi connectivity index (χ3n) is 3.88. The van der Waals surface area contributed by atoms with Crippen molar-refractivity contribution in [3.05, 3.63) is 0 Å². The van der Waals surface area contributed by atoms with Crippen LogP contribution in [-0.4, -0.2) is 28.1 Å². The van der Waals surface area contributed by atoms with Gasteiger partial charge in [0.05, 0.1) is 5.54 Å². The van der Waals surface area contributed by atoms with Crippen molar-refractivity contribution in [3.63, 3.8) is 0 Å². The summed E-state index contributed by atoms with van der Waals surface area (Å²) in [4.78, 5) is 23.4. The van der Waals surface area contributed by atoms with Crippen molar-refractivity contribution in [2.45, 2.75) is 64.0 Å². The second-order valence-corrected chi connectivity index (χ2v) is 5.91. The zero-order valence-corrected chi connectivity index (χ0v) is 11.5. The van der Waals surface area contributed by atoms with Crippen LogP contribution < -0.4 is 11.1 Å². The molecule has 0 aromatic carbocycles. The van der Waals surface area contributed by atoms with Gasteiger partial charge in [-0.1, -0.05) is 13.3 Å². The number of carboxylic acid groups (broad SMARTS) is 1. The first-order valence-corrected chi connectivity index (χ1v) is 6.56. The summed E-state index contributed by atoms with van der Waals surface area (Å²) in [5, 5.41) is 12.1. The number of carbonyl (C=O) groups is 2. The molecule has 0 unspecified atom stereocenters. The Morgan fingerprint density at radius 1 is 1.39 bits per heavy atom. The molecule has 0 aromatic heterocycles. The Labute approximate surface area is 108 Å². The van der Waals surface area contributed by atoms with Crippen LogP contribution in [0.15, 0.2) is 0 Å². The molecule has 1 aliphatic carbocycles. The van der Waals surface area contributed by atoms with Crippen molar-refractivity contribution in [2.75, 3.05) is 0 Å². The van der Waals surface area contributed by atoms with E-state index in [1.807, 2.05) is 0 Å². The van der Waals surface area contributed by atoms with Crippen LogP contribution in [0.5, 0.6) is 0 Å². The lowest BCUT2D eigenvalue weighted by molar-refractivity contribution is -0.150. The molecular formula is C13H24N2O3. The first-order valence-electron chi connectivity index (χ1n) is 6.56. The highest BCUT2D eigenvalue weighted by molar-refractivity contribution is 5.91. The van der Waals surface area contributed by atoms with Crippen LogP contribution in [0.3, 0.4) is 0 Å². The predicted octanol–water partition coefficient (Wildman–Crippen LogP) is 1.26. The number of nitrogens with one attached hydrogen (secondary N) is 1. The Hall–Kier alpha value is -1.10. The highest BCUT2D eigenvalue weighted by Crippen LogP contribution is 2.34. The van der Waals surface area contributed by atoms with Gasteiger partial charge in [0.1, 0.15) is 5.54 Å². The third-order valence-corrected chi connectivity index (χ3v) is 3.88. The molecular weight excluding hydrogens is 232 g/mol. The van der Waals surface area contributed by atoms with E-state index in [-0.39, 0.29) is 0 Å². The maximum Gasteiger partial charge on any atom is 0.329 e. The number of carbonyl (C=O) groups excluding carboxylic acids is 1. The van der Waals surface area contributed by atoms with E-state index in [1.54, 1.807) is 13.8 Å². The molecule has 0 aromatic rings. The quantitative estimate of drug-likeness (QED) is 0.706. The molecule has 1 fully saturated rings. The number of aliphatic carboxylic acids is 1. The Bertz CT molecular complexity index is 326. The number of carboxylic acids is 1. The van der Waals surface area contributed by atoms with E-state index in [0.29, 0.717) is 18.8 Å². The molecule has 4 N–H and O–H groups in total. The predicted molar refractivity (Wildman–Crippen MR) is 69.0 cm³/mol. The molecule has 5 heteroatoms. The van der Waals surface area contributed by atoms with Gasteiger partial charge in [0.25, 0.3) is 0 Å². The molecule has 1 rings (SSSR count). The number of rotatable bonds is 4. The van der Waals surface area contributed by atoms with Crippen molar-refractivity contribution in [3.8, 4) is 0 Å². The van der Waals surface area contributed by atoms with E-state index in [4.69, 9.17) is 5.73 Å². The molecule has 5 nitrogen and oxygen atoms in total. The maximum atomic E-state index is 11.9. The largest absolute Gasteiger partial charge is 0.480 e. The van der Waals surface area contributed by atoms with Gasteiger partial charge in [-0.2, -0.15) is 0 Å². The van der Waals surface area contributed by atoms with E-state index < -0.39 is 23.0 Å². The molecule has 1 saturated carbocycles. The van der Waals surface area contributed by atoms with Crippen LogP contribution in [-0.2, 0) is 9.59 Å². The van der Waals surface area contributed by atoms with Gasteiger partial charge in [0.15, 0.2) is 0 Å². The first kappa shape index (κ1) is 15.0. The van der Waals surface area contributed by atoms with Gasteiger partial charge in [0.2, 0.25) is 5.91 Å². The smallest absolute Gasteiger partial charge is 0.329 e. The summed E-state index contributed by atoms with van der Waals surface area (Å²) in [5.74, 6) is -0.783. The van der Waals surface area contributed by atoms with Crippen LogP contribution in [0.2, 0.25) is 0 Å². The third kappa shape index (κ3) is 3.22. The van der Waals surface area contributed by atoms with Gasteiger partial charge in [-0.15, -0.1) is 0 Å². The fraction of sp³-hybridized carbons (Fsp3) is 0.846. The number of amides is 1. The minimum atomic E-state index is -1.13. The molecule has 0 radical (unpaired) electrons. The SMILES string of the molecule is CCC1CCC(NC(=O)C(C)(C)N)(C(=O)O)CC1. The van der Waals surface area contributed by atoms with Crippen LogP contribution in [0.1, 0.15) is 52.9 Å². The number of hydrogen-bond donors (Lipinski definition) is 3. The Kier molecular flexibility index (Phi) is 4.37. The van der Waals surface area contributed by atoms with Crippen molar-refractivity contribution in [2.24, 2.45) is 11.7 Å². The highest BCUT2D eigenvalue weighted by Gasteiger charge is 2.44. The van der Waals surface area contributed by atoms with Gasteiger partial charge < -0.3 is 16.2 Å². The molecule has 1 aliphatic rings. The average Bonchev–Trinajstić information content (AvgIpc) is 2.28. The Morgan fingerprint density at radius 2 is 1.89 bits per heavy atom. The summed E-state index contributed by atoms with van der Waals surface area (Å²) in [6, 6.07) is 0. The highest BCUT2D eigenvalue weighted by atomic mass is 16.4. The van der Waals surface area contributed by atoms with Gasteiger partial charge in [-0.25, -0.2) is 4.79 Å². The summed E-state index contributed by atoms with van der Waals surface area (Å²) in [5.41, 5.74) is 3.53. The lowest BCUT2D eigenvalue weighted by Crippen LogP contribution is -2.62. The zero-order valence-electron chi connectivity index (χ0n) is 11.5. The fourth-order valence-electron chi connectivity index (χ4n) is 2.35. The van der Waals surface area contributed by atoms with E-state index in [2.05, 4.69) is 12.2 Å². The molecule has 0 atom stereocenters. The van der Waals surface area contributed by atoms with Gasteiger partial charge >= 0.3 is 5.97 Å². The molecule has 0 heterocycles. The van der Waals surface area contributed by atoms with Crippen LogP contribution in [0.4, 0.5) is 0 Å². The van der Waals surface area contributed by atoms with E-state index in [1.165, 1.54) is 0 Å². The lowest BCUT2D eigenvalue weighted by atomic mass is 9.75.